The fraction of sp³-hybridized carbons (Fsp3) is 0.250. The first kappa shape index (κ1) is 17.1. The quantitative estimate of drug-likeness (QED) is 0.864. The van der Waals surface area contributed by atoms with Crippen LogP contribution >= 0.6 is 0 Å². The Hall–Kier alpha value is -3.35. The summed E-state index contributed by atoms with van der Waals surface area (Å²) in [5.41, 5.74) is 4.35. The Kier molecular flexibility index (Phi) is 4.27. The van der Waals surface area contributed by atoms with Crippen molar-refractivity contribution in [2.75, 3.05) is 19.7 Å². The lowest BCUT2D eigenvalue weighted by atomic mass is 9.98. The number of hydrogen-bond acceptors (Lipinski definition) is 4. The van der Waals surface area contributed by atoms with E-state index in [0.717, 1.165) is 27.2 Å². The molecule has 1 atom stereocenters. The summed E-state index contributed by atoms with van der Waals surface area (Å²) in [6.07, 6.45) is -0.792. The van der Waals surface area contributed by atoms with Gasteiger partial charge in [0.2, 0.25) is 5.91 Å². The number of rotatable bonds is 3. The van der Waals surface area contributed by atoms with Gasteiger partial charge in [-0.3, -0.25) is 9.69 Å². The van der Waals surface area contributed by atoms with Gasteiger partial charge < -0.3 is 15.2 Å². The maximum atomic E-state index is 12.5. The molecule has 1 aliphatic carbocycles. The number of fused-ring (bicyclic) bond motifs is 3. The average Bonchev–Trinajstić information content (AvgIpc) is 3.00. The number of carbonyl (C=O) groups excluding carboxylic acids is 2. The molecule has 0 saturated carbocycles. The molecule has 0 aromatic heterocycles. The number of hydrogen-bond donors (Lipinski definition) is 2. The summed E-state index contributed by atoms with van der Waals surface area (Å²) in [6, 6.07) is 14.8. The summed E-state index contributed by atoms with van der Waals surface area (Å²) in [6.45, 7) is -0.372. The third kappa shape index (κ3) is 3.01. The molecule has 138 valence electrons. The number of amides is 2. The summed E-state index contributed by atoms with van der Waals surface area (Å²) in [7, 11) is 0. The van der Waals surface area contributed by atoms with Gasteiger partial charge in [0.05, 0.1) is 0 Å². The van der Waals surface area contributed by atoms with E-state index >= 15 is 0 Å². The molecule has 0 unspecified atom stereocenters. The van der Waals surface area contributed by atoms with E-state index in [0.29, 0.717) is 0 Å². The zero-order chi connectivity index (χ0) is 19.0. The molecule has 4 rings (SSSR count). The van der Waals surface area contributed by atoms with Gasteiger partial charge in [-0.05, 0) is 22.3 Å². The molecule has 1 aliphatic heterocycles. The normalized spacial score (nSPS) is 18.4. The minimum Gasteiger partial charge on any atom is -0.480 e. The zero-order valence-electron chi connectivity index (χ0n) is 14.4. The molecule has 2 aromatic carbocycles. The van der Waals surface area contributed by atoms with Gasteiger partial charge >= 0.3 is 12.1 Å². The van der Waals surface area contributed by atoms with Crippen molar-refractivity contribution >= 4 is 18.0 Å². The highest BCUT2D eigenvalue weighted by Gasteiger charge is 2.37. The molecule has 0 spiro atoms. The molecule has 2 amide bonds. The number of carboxylic acids is 1. The van der Waals surface area contributed by atoms with Crippen molar-refractivity contribution in [3.05, 3.63) is 59.7 Å². The fourth-order valence-electron chi connectivity index (χ4n) is 3.73. The predicted octanol–water partition coefficient (Wildman–Crippen LogP) is 1.82. The molecule has 1 heterocycles. The highest BCUT2D eigenvalue weighted by Crippen LogP contribution is 2.44. The van der Waals surface area contributed by atoms with Crippen LogP contribution in [-0.2, 0) is 14.3 Å². The molecule has 1 saturated heterocycles. The van der Waals surface area contributed by atoms with Crippen LogP contribution in [0.2, 0.25) is 0 Å². The number of nitrogens with one attached hydrogen (secondary N) is 1. The summed E-state index contributed by atoms with van der Waals surface area (Å²) in [5, 5.41) is 11.7. The van der Waals surface area contributed by atoms with Gasteiger partial charge in [0.15, 0.2) is 6.04 Å². The van der Waals surface area contributed by atoms with Gasteiger partial charge in [0, 0.05) is 12.5 Å². The van der Waals surface area contributed by atoms with Crippen LogP contribution < -0.4 is 5.32 Å². The maximum absolute atomic E-state index is 12.5. The highest BCUT2D eigenvalue weighted by molar-refractivity contribution is 5.89. The lowest BCUT2D eigenvalue weighted by Gasteiger charge is -2.32. The smallest absolute Gasteiger partial charge is 0.411 e. The van der Waals surface area contributed by atoms with E-state index in [4.69, 9.17) is 4.74 Å². The van der Waals surface area contributed by atoms with Gasteiger partial charge in [-0.1, -0.05) is 48.5 Å². The number of carbonyl (C=O) groups is 3. The number of benzene rings is 2. The molecule has 1 fully saturated rings. The van der Waals surface area contributed by atoms with Gasteiger partial charge in [0.25, 0.3) is 0 Å². The summed E-state index contributed by atoms with van der Waals surface area (Å²) in [5.74, 6) is -1.70. The van der Waals surface area contributed by atoms with E-state index in [2.05, 4.69) is 5.32 Å². The predicted molar refractivity (Wildman–Crippen MR) is 96.2 cm³/mol. The number of piperazine rings is 1. The van der Waals surface area contributed by atoms with Crippen molar-refractivity contribution in [2.24, 2.45) is 0 Å². The van der Waals surface area contributed by atoms with Gasteiger partial charge in [-0.2, -0.15) is 0 Å². The Labute approximate surface area is 155 Å². The largest absolute Gasteiger partial charge is 0.480 e. The minimum absolute atomic E-state index is 0.0807. The Morgan fingerprint density at radius 2 is 1.67 bits per heavy atom. The lowest BCUT2D eigenvalue weighted by Crippen LogP contribution is -2.59. The molecule has 0 radical (unpaired) electrons. The second kappa shape index (κ2) is 6.75. The molecular formula is C20H18N2O5. The van der Waals surface area contributed by atoms with Crippen LogP contribution in [0.5, 0.6) is 0 Å². The topological polar surface area (TPSA) is 95.9 Å². The van der Waals surface area contributed by atoms with Crippen molar-refractivity contribution in [1.82, 2.24) is 10.2 Å². The molecule has 27 heavy (non-hydrogen) atoms. The summed E-state index contributed by atoms with van der Waals surface area (Å²) < 4.78 is 5.45. The van der Waals surface area contributed by atoms with E-state index in [-0.39, 0.29) is 25.6 Å². The van der Waals surface area contributed by atoms with Crippen molar-refractivity contribution < 1.29 is 24.2 Å². The fourth-order valence-corrected chi connectivity index (χ4v) is 3.73. The van der Waals surface area contributed by atoms with E-state index in [1.807, 2.05) is 48.5 Å². The molecule has 2 aromatic rings. The molecule has 0 bridgehead atoms. The second-order valence-corrected chi connectivity index (χ2v) is 6.59. The average molecular weight is 366 g/mol. The number of ether oxygens (including phenoxy) is 1. The molecule has 7 heteroatoms. The van der Waals surface area contributed by atoms with Gasteiger partial charge in [-0.15, -0.1) is 0 Å². The van der Waals surface area contributed by atoms with Crippen LogP contribution in [0.15, 0.2) is 48.5 Å². The van der Waals surface area contributed by atoms with Crippen molar-refractivity contribution in [3.63, 3.8) is 0 Å². The first-order valence-corrected chi connectivity index (χ1v) is 8.67. The zero-order valence-corrected chi connectivity index (χ0v) is 14.4. The second-order valence-electron chi connectivity index (χ2n) is 6.59. The third-order valence-electron chi connectivity index (χ3n) is 5.04. The third-order valence-corrected chi connectivity index (χ3v) is 5.04. The molecule has 7 nitrogen and oxygen atoms in total. The van der Waals surface area contributed by atoms with Crippen LogP contribution in [0.1, 0.15) is 17.0 Å². The van der Waals surface area contributed by atoms with Gasteiger partial charge in [-0.25, -0.2) is 9.59 Å². The lowest BCUT2D eigenvalue weighted by molar-refractivity contribution is -0.145. The van der Waals surface area contributed by atoms with Gasteiger partial charge in [0.1, 0.15) is 13.2 Å². The standard InChI is InChI=1S/C20H18N2O5/c23-18-10-22(17(9-21-18)19(24)25)20(26)27-11-16-14-7-3-1-5-12(14)13-6-2-4-8-15(13)16/h1-8,16-17H,9-11H2,(H,21,23)(H,24,25)/t17-/m0/s1. The van der Waals surface area contributed by atoms with E-state index in [1.54, 1.807) is 0 Å². The summed E-state index contributed by atoms with van der Waals surface area (Å²) in [4.78, 5) is 36.4. The van der Waals surface area contributed by atoms with E-state index < -0.39 is 24.0 Å². The summed E-state index contributed by atoms with van der Waals surface area (Å²) >= 11 is 0. The van der Waals surface area contributed by atoms with Crippen molar-refractivity contribution in [1.29, 1.82) is 0 Å². The Morgan fingerprint density at radius 1 is 1.07 bits per heavy atom. The highest BCUT2D eigenvalue weighted by atomic mass is 16.6. The van der Waals surface area contributed by atoms with Crippen LogP contribution in [0, 0.1) is 0 Å². The molecule has 2 aliphatic rings. The van der Waals surface area contributed by atoms with E-state index in [9.17, 15) is 19.5 Å². The van der Waals surface area contributed by atoms with Crippen LogP contribution in [0.3, 0.4) is 0 Å². The number of carboxylic acid groups (broad SMARTS) is 1. The van der Waals surface area contributed by atoms with Crippen molar-refractivity contribution in [3.8, 4) is 11.1 Å². The first-order valence-electron chi connectivity index (χ1n) is 8.67. The minimum atomic E-state index is -1.18. The van der Waals surface area contributed by atoms with E-state index in [1.165, 1.54) is 0 Å². The monoisotopic (exact) mass is 366 g/mol. The maximum Gasteiger partial charge on any atom is 0.411 e. The Balaban J connectivity index is 1.54. The van der Waals surface area contributed by atoms with Crippen LogP contribution in [0.25, 0.3) is 11.1 Å². The van der Waals surface area contributed by atoms with Crippen LogP contribution in [-0.4, -0.2) is 53.7 Å². The first-order chi connectivity index (χ1) is 13.1. The Morgan fingerprint density at radius 3 is 2.26 bits per heavy atom. The molecular weight excluding hydrogens is 348 g/mol. The van der Waals surface area contributed by atoms with Crippen LogP contribution in [0.4, 0.5) is 4.79 Å². The Bertz CT molecular complexity index is 881. The van der Waals surface area contributed by atoms with Crippen molar-refractivity contribution in [2.45, 2.75) is 12.0 Å². The number of aliphatic carboxylic acids is 1. The number of nitrogens with zero attached hydrogens (tertiary/aromatic N) is 1. The molecule has 2 N–H and O–H groups in total. The SMILES string of the molecule is O=C1CN(C(=O)OCC2c3ccccc3-c3ccccc32)[C@H](C(=O)O)CN1.